The number of nitrogens with two attached hydrogens (primary N) is 1. The summed E-state index contributed by atoms with van der Waals surface area (Å²) in [4.78, 5) is 14.8. The standard InChI is InChI=1S/C19H30N4O3S.ClH/c1-19(14-20)9-13-22(15-19)12-8-18(24)21-16-4-6-17(7-5-16)27(25,26)23-10-2-3-11-23;/h4-7H,2-3,8-15,20H2,1H3,(H,21,24);1H. The minimum Gasteiger partial charge on any atom is -0.330 e. The first-order valence-electron chi connectivity index (χ1n) is 9.65. The highest BCUT2D eigenvalue weighted by Crippen LogP contribution is 2.28. The van der Waals surface area contributed by atoms with E-state index in [0.717, 1.165) is 32.4 Å². The molecule has 1 atom stereocenters. The lowest BCUT2D eigenvalue weighted by Crippen LogP contribution is -2.32. The van der Waals surface area contributed by atoms with Crippen LogP contribution in [0.2, 0.25) is 0 Å². The van der Waals surface area contributed by atoms with Crippen molar-refractivity contribution in [3.05, 3.63) is 24.3 Å². The highest BCUT2D eigenvalue weighted by atomic mass is 35.5. The fraction of sp³-hybridized carbons (Fsp3) is 0.632. The van der Waals surface area contributed by atoms with E-state index in [1.165, 1.54) is 4.31 Å². The number of rotatable bonds is 7. The Morgan fingerprint density at radius 1 is 1.18 bits per heavy atom. The van der Waals surface area contributed by atoms with E-state index in [-0.39, 0.29) is 28.6 Å². The zero-order valence-electron chi connectivity index (χ0n) is 16.4. The lowest BCUT2D eigenvalue weighted by Gasteiger charge is -2.22. The minimum absolute atomic E-state index is 0. The van der Waals surface area contributed by atoms with Gasteiger partial charge in [-0.15, -0.1) is 12.4 Å². The number of amides is 1. The van der Waals surface area contributed by atoms with Gasteiger partial charge in [-0.3, -0.25) is 4.79 Å². The number of halogens is 1. The van der Waals surface area contributed by atoms with E-state index in [9.17, 15) is 13.2 Å². The molecule has 2 aliphatic heterocycles. The van der Waals surface area contributed by atoms with Gasteiger partial charge < -0.3 is 16.0 Å². The van der Waals surface area contributed by atoms with Crippen LogP contribution >= 0.6 is 12.4 Å². The molecule has 7 nitrogen and oxygen atoms in total. The van der Waals surface area contributed by atoms with E-state index in [4.69, 9.17) is 5.73 Å². The summed E-state index contributed by atoms with van der Waals surface area (Å²) in [7, 11) is -3.42. The van der Waals surface area contributed by atoms with E-state index in [1.54, 1.807) is 24.3 Å². The van der Waals surface area contributed by atoms with Crippen LogP contribution in [-0.4, -0.2) is 62.8 Å². The predicted octanol–water partition coefficient (Wildman–Crippen LogP) is 1.89. The van der Waals surface area contributed by atoms with Gasteiger partial charge in [-0.2, -0.15) is 4.31 Å². The van der Waals surface area contributed by atoms with Crippen LogP contribution in [0.5, 0.6) is 0 Å². The Balaban J connectivity index is 0.00000280. The van der Waals surface area contributed by atoms with Gasteiger partial charge >= 0.3 is 0 Å². The zero-order valence-corrected chi connectivity index (χ0v) is 18.0. The summed E-state index contributed by atoms with van der Waals surface area (Å²) in [5, 5.41) is 2.85. The molecule has 3 N–H and O–H groups in total. The molecule has 1 unspecified atom stereocenters. The van der Waals surface area contributed by atoms with Crippen molar-refractivity contribution in [1.82, 2.24) is 9.21 Å². The number of nitrogens with zero attached hydrogens (tertiary/aromatic N) is 2. The Morgan fingerprint density at radius 2 is 1.82 bits per heavy atom. The van der Waals surface area contributed by atoms with E-state index in [1.807, 2.05) is 0 Å². The third-order valence-corrected chi connectivity index (χ3v) is 7.54. The Morgan fingerprint density at radius 3 is 2.39 bits per heavy atom. The van der Waals surface area contributed by atoms with E-state index in [2.05, 4.69) is 17.1 Å². The Bertz CT molecular complexity index is 766. The maximum Gasteiger partial charge on any atom is 0.243 e. The highest BCUT2D eigenvalue weighted by molar-refractivity contribution is 7.89. The molecule has 9 heteroatoms. The predicted molar refractivity (Wildman–Crippen MR) is 113 cm³/mol. The first kappa shape index (κ1) is 23.1. The molecule has 0 spiro atoms. The topological polar surface area (TPSA) is 95.7 Å². The first-order chi connectivity index (χ1) is 12.8. The van der Waals surface area contributed by atoms with Crippen LogP contribution in [-0.2, 0) is 14.8 Å². The number of sulfonamides is 1. The van der Waals surface area contributed by atoms with Gasteiger partial charge in [0, 0.05) is 38.3 Å². The molecule has 0 radical (unpaired) electrons. The van der Waals surface area contributed by atoms with Crippen molar-refractivity contribution in [3.8, 4) is 0 Å². The normalized spacial score (nSPS) is 23.5. The van der Waals surface area contributed by atoms with Crippen LogP contribution in [0.1, 0.15) is 32.6 Å². The van der Waals surface area contributed by atoms with Crippen LogP contribution in [0, 0.1) is 5.41 Å². The molecule has 0 aromatic heterocycles. The molecule has 2 fully saturated rings. The number of hydrogen-bond acceptors (Lipinski definition) is 5. The number of likely N-dealkylation sites (tertiary alicyclic amines) is 1. The summed E-state index contributed by atoms with van der Waals surface area (Å²) in [6.45, 7) is 6.64. The van der Waals surface area contributed by atoms with E-state index in [0.29, 0.717) is 38.3 Å². The summed E-state index contributed by atoms with van der Waals surface area (Å²) in [5.41, 5.74) is 6.60. The average Bonchev–Trinajstić information content (AvgIpc) is 3.31. The fourth-order valence-electron chi connectivity index (χ4n) is 3.75. The summed E-state index contributed by atoms with van der Waals surface area (Å²) in [6, 6.07) is 6.44. The molecule has 3 rings (SSSR count). The highest BCUT2D eigenvalue weighted by Gasteiger charge is 2.32. The van der Waals surface area contributed by atoms with Gasteiger partial charge in [0.15, 0.2) is 0 Å². The molecule has 2 saturated heterocycles. The molecule has 0 bridgehead atoms. The van der Waals surface area contributed by atoms with Gasteiger partial charge in [-0.25, -0.2) is 8.42 Å². The summed E-state index contributed by atoms with van der Waals surface area (Å²) in [6.07, 6.45) is 3.30. The maximum atomic E-state index is 12.5. The van der Waals surface area contributed by atoms with Gasteiger partial charge in [-0.1, -0.05) is 6.92 Å². The van der Waals surface area contributed by atoms with Gasteiger partial charge in [0.2, 0.25) is 15.9 Å². The first-order valence-corrected chi connectivity index (χ1v) is 11.1. The number of carbonyl (C=O) groups is 1. The lowest BCUT2D eigenvalue weighted by atomic mass is 9.90. The molecule has 1 aromatic rings. The van der Waals surface area contributed by atoms with E-state index >= 15 is 0 Å². The van der Waals surface area contributed by atoms with Gasteiger partial charge in [0.1, 0.15) is 0 Å². The minimum atomic E-state index is -3.42. The number of carbonyl (C=O) groups excluding carboxylic acids is 1. The third kappa shape index (κ3) is 5.45. The number of nitrogens with one attached hydrogen (secondary N) is 1. The van der Waals surface area contributed by atoms with Crippen LogP contribution in [0.4, 0.5) is 5.69 Å². The zero-order chi connectivity index (χ0) is 19.5. The summed E-state index contributed by atoms with van der Waals surface area (Å²) in [5.74, 6) is -0.0634. The Kier molecular flexibility index (Phi) is 7.87. The van der Waals surface area contributed by atoms with Crippen LogP contribution in [0.15, 0.2) is 29.2 Å². The second kappa shape index (κ2) is 9.54. The van der Waals surface area contributed by atoms with Crippen LogP contribution in [0.25, 0.3) is 0 Å². The van der Waals surface area contributed by atoms with Crippen molar-refractivity contribution in [1.29, 1.82) is 0 Å². The molecule has 2 heterocycles. The van der Waals surface area contributed by atoms with Gasteiger partial charge in [0.25, 0.3) is 0 Å². The molecular formula is C19H31ClN4O3S. The lowest BCUT2D eigenvalue weighted by molar-refractivity contribution is -0.116. The summed E-state index contributed by atoms with van der Waals surface area (Å²) >= 11 is 0. The molecule has 0 aliphatic carbocycles. The Hall–Kier alpha value is -1.19. The molecule has 0 saturated carbocycles. The van der Waals surface area contributed by atoms with Crippen LogP contribution < -0.4 is 11.1 Å². The second-order valence-electron chi connectivity index (χ2n) is 7.97. The van der Waals surface area contributed by atoms with Crippen molar-refractivity contribution in [2.24, 2.45) is 11.1 Å². The summed E-state index contributed by atoms with van der Waals surface area (Å²) < 4.78 is 26.6. The smallest absolute Gasteiger partial charge is 0.243 e. The molecule has 1 amide bonds. The van der Waals surface area contributed by atoms with Crippen molar-refractivity contribution < 1.29 is 13.2 Å². The molecule has 2 aliphatic rings. The van der Waals surface area contributed by atoms with Crippen molar-refractivity contribution >= 4 is 34.0 Å². The average molecular weight is 431 g/mol. The fourth-order valence-corrected chi connectivity index (χ4v) is 5.27. The molecule has 158 valence electrons. The number of hydrogen-bond donors (Lipinski definition) is 2. The van der Waals surface area contributed by atoms with Gasteiger partial charge in [-0.05, 0) is 62.0 Å². The van der Waals surface area contributed by atoms with Crippen molar-refractivity contribution in [2.75, 3.05) is 44.6 Å². The maximum absolute atomic E-state index is 12.5. The molecular weight excluding hydrogens is 400 g/mol. The monoisotopic (exact) mass is 430 g/mol. The quantitative estimate of drug-likeness (QED) is 0.688. The second-order valence-corrected chi connectivity index (χ2v) is 9.91. The number of anilines is 1. The number of benzene rings is 1. The molecule has 1 aromatic carbocycles. The van der Waals surface area contributed by atoms with Crippen molar-refractivity contribution in [2.45, 2.75) is 37.5 Å². The van der Waals surface area contributed by atoms with E-state index < -0.39 is 10.0 Å². The van der Waals surface area contributed by atoms with Crippen LogP contribution in [0.3, 0.4) is 0 Å². The Labute approximate surface area is 174 Å². The van der Waals surface area contributed by atoms with Crippen molar-refractivity contribution in [3.63, 3.8) is 0 Å². The molecule has 28 heavy (non-hydrogen) atoms. The third-order valence-electron chi connectivity index (χ3n) is 5.63. The largest absolute Gasteiger partial charge is 0.330 e. The SMILES string of the molecule is CC1(CN)CCN(CCC(=O)Nc2ccc(S(=O)(=O)N3CCCC3)cc2)C1.Cl. The van der Waals surface area contributed by atoms with Gasteiger partial charge in [0.05, 0.1) is 4.90 Å².